The van der Waals surface area contributed by atoms with Gasteiger partial charge in [0.25, 0.3) is 0 Å². The van der Waals surface area contributed by atoms with Gasteiger partial charge in [0.1, 0.15) is 6.61 Å². The van der Waals surface area contributed by atoms with E-state index in [1.807, 2.05) is 6.92 Å². The quantitative estimate of drug-likeness (QED) is 0.617. The van der Waals surface area contributed by atoms with Crippen LogP contribution in [0, 0.1) is 0 Å². The lowest BCUT2D eigenvalue weighted by Crippen LogP contribution is -2.41. The smallest absolute Gasteiger partial charge is 0.246 e. The Morgan fingerprint density at radius 2 is 2.07 bits per heavy atom. The maximum absolute atomic E-state index is 11.2. The van der Waals surface area contributed by atoms with E-state index in [9.17, 15) is 4.79 Å². The van der Waals surface area contributed by atoms with Crippen molar-refractivity contribution in [3.8, 4) is 0 Å². The predicted molar refractivity (Wildman–Crippen MR) is 53.1 cm³/mol. The zero-order valence-electron chi connectivity index (χ0n) is 8.75. The third-order valence-corrected chi connectivity index (χ3v) is 2.28. The minimum atomic E-state index is -0.00815. The van der Waals surface area contributed by atoms with Gasteiger partial charge in [-0.2, -0.15) is 0 Å². The third kappa shape index (κ3) is 4.58. The SMILES string of the molecule is CCOCCOCC(=O)NC1CCC1. The van der Waals surface area contributed by atoms with Crippen LogP contribution in [0.1, 0.15) is 26.2 Å². The summed E-state index contributed by atoms with van der Waals surface area (Å²) in [5, 5.41) is 2.90. The average Bonchev–Trinajstić information content (AvgIpc) is 2.11. The van der Waals surface area contributed by atoms with Crippen molar-refractivity contribution in [1.82, 2.24) is 5.32 Å². The molecular formula is C10H19NO3. The second kappa shape index (κ2) is 6.79. The van der Waals surface area contributed by atoms with E-state index in [1.54, 1.807) is 0 Å². The molecule has 0 aromatic carbocycles. The van der Waals surface area contributed by atoms with E-state index in [4.69, 9.17) is 9.47 Å². The summed E-state index contributed by atoms with van der Waals surface area (Å²) in [5.74, 6) is -0.00815. The van der Waals surface area contributed by atoms with Gasteiger partial charge in [-0.1, -0.05) is 0 Å². The predicted octanol–water partition coefficient (Wildman–Crippen LogP) is 0.708. The summed E-state index contributed by atoms with van der Waals surface area (Å²) in [5.41, 5.74) is 0. The molecule has 0 aliphatic heterocycles. The summed E-state index contributed by atoms with van der Waals surface area (Å²) >= 11 is 0. The van der Waals surface area contributed by atoms with E-state index in [1.165, 1.54) is 6.42 Å². The molecule has 1 saturated carbocycles. The van der Waals surface area contributed by atoms with Gasteiger partial charge in [-0.05, 0) is 26.2 Å². The highest BCUT2D eigenvalue weighted by atomic mass is 16.5. The van der Waals surface area contributed by atoms with Crippen LogP contribution < -0.4 is 5.32 Å². The summed E-state index contributed by atoms with van der Waals surface area (Å²) in [6.45, 7) is 3.84. The number of carbonyl (C=O) groups excluding carboxylic acids is 1. The fraction of sp³-hybridized carbons (Fsp3) is 0.900. The molecule has 0 atom stereocenters. The Kier molecular flexibility index (Phi) is 5.56. The lowest BCUT2D eigenvalue weighted by Gasteiger charge is -2.26. The van der Waals surface area contributed by atoms with Gasteiger partial charge < -0.3 is 14.8 Å². The van der Waals surface area contributed by atoms with Crippen LogP contribution in [0.5, 0.6) is 0 Å². The van der Waals surface area contributed by atoms with Gasteiger partial charge in [0, 0.05) is 12.6 Å². The van der Waals surface area contributed by atoms with Crippen molar-refractivity contribution in [2.75, 3.05) is 26.4 Å². The summed E-state index contributed by atoms with van der Waals surface area (Å²) in [6, 6.07) is 0.401. The average molecular weight is 201 g/mol. The first-order valence-electron chi connectivity index (χ1n) is 5.27. The molecular weight excluding hydrogens is 182 g/mol. The monoisotopic (exact) mass is 201 g/mol. The van der Waals surface area contributed by atoms with Crippen LogP contribution >= 0.6 is 0 Å². The van der Waals surface area contributed by atoms with Crippen molar-refractivity contribution in [3.63, 3.8) is 0 Å². The molecule has 82 valence electrons. The van der Waals surface area contributed by atoms with Crippen LogP contribution in [0.2, 0.25) is 0 Å². The third-order valence-electron chi connectivity index (χ3n) is 2.28. The zero-order valence-corrected chi connectivity index (χ0v) is 8.75. The molecule has 1 N–H and O–H groups in total. The molecule has 14 heavy (non-hydrogen) atoms. The largest absolute Gasteiger partial charge is 0.379 e. The summed E-state index contributed by atoms with van der Waals surface area (Å²) in [4.78, 5) is 11.2. The van der Waals surface area contributed by atoms with Gasteiger partial charge in [0.2, 0.25) is 5.91 Å². The molecule has 1 amide bonds. The number of rotatable bonds is 7. The van der Waals surface area contributed by atoms with Crippen molar-refractivity contribution >= 4 is 5.91 Å². The van der Waals surface area contributed by atoms with Gasteiger partial charge in [0.05, 0.1) is 13.2 Å². The van der Waals surface area contributed by atoms with Crippen LogP contribution in [-0.2, 0) is 14.3 Å². The number of amides is 1. The summed E-state index contributed by atoms with van der Waals surface area (Å²) in [6.07, 6.45) is 3.46. The molecule has 1 aliphatic rings. The van der Waals surface area contributed by atoms with Crippen molar-refractivity contribution in [1.29, 1.82) is 0 Å². The van der Waals surface area contributed by atoms with Crippen molar-refractivity contribution < 1.29 is 14.3 Å². The lowest BCUT2D eigenvalue weighted by molar-refractivity contribution is -0.127. The Balaban J connectivity index is 1.87. The maximum Gasteiger partial charge on any atom is 0.246 e. The van der Waals surface area contributed by atoms with Gasteiger partial charge in [-0.3, -0.25) is 4.79 Å². The number of ether oxygens (including phenoxy) is 2. The van der Waals surface area contributed by atoms with Gasteiger partial charge in [0.15, 0.2) is 0 Å². The van der Waals surface area contributed by atoms with Gasteiger partial charge in [-0.25, -0.2) is 0 Å². The van der Waals surface area contributed by atoms with Crippen molar-refractivity contribution in [2.24, 2.45) is 0 Å². The number of hydrogen-bond acceptors (Lipinski definition) is 3. The molecule has 1 fully saturated rings. The van der Waals surface area contributed by atoms with Crippen LogP contribution in [-0.4, -0.2) is 38.4 Å². The van der Waals surface area contributed by atoms with E-state index in [2.05, 4.69) is 5.32 Å². The van der Waals surface area contributed by atoms with Crippen molar-refractivity contribution in [3.05, 3.63) is 0 Å². The number of carbonyl (C=O) groups is 1. The molecule has 0 radical (unpaired) electrons. The molecule has 0 aromatic rings. The summed E-state index contributed by atoms with van der Waals surface area (Å²) < 4.78 is 10.2. The second-order valence-electron chi connectivity index (χ2n) is 3.44. The molecule has 0 saturated heterocycles. The first-order chi connectivity index (χ1) is 6.83. The minimum Gasteiger partial charge on any atom is -0.379 e. The van der Waals surface area contributed by atoms with Gasteiger partial charge >= 0.3 is 0 Å². The minimum absolute atomic E-state index is 0.00815. The van der Waals surface area contributed by atoms with Crippen LogP contribution in [0.15, 0.2) is 0 Å². The highest BCUT2D eigenvalue weighted by Gasteiger charge is 2.18. The Hall–Kier alpha value is -0.610. The van der Waals surface area contributed by atoms with E-state index in [-0.39, 0.29) is 12.5 Å². The van der Waals surface area contributed by atoms with Gasteiger partial charge in [-0.15, -0.1) is 0 Å². The maximum atomic E-state index is 11.2. The molecule has 1 aliphatic carbocycles. The molecule has 1 rings (SSSR count). The zero-order chi connectivity index (χ0) is 10.2. The summed E-state index contributed by atoms with van der Waals surface area (Å²) in [7, 11) is 0. The fourth-order valence-corrected chi connectivity index (χ4v) is 1.25. The Morgan fingerprint density at radius 3 is 2.64 bits per heavy atom. The highest BCUT2D eigenvalue weighted by Crippen LogP contribution is 2.17. The topological polar surface area (TPSA) is 47.6 Å². The standard InChI is InChI=1S/C10H19NO3/c1-2-13-6-7-14-8-10(12)11-9-4-3-5-9/h9H,2-8H2,1H3,(H,11,12). The second-order valence-corrected chi connectivity index (χ2v) is 3.44. The van der Waals surface area contributed by atoms with Crippen LogP contribution in [0.25, 0.3) is 0 Å². The Bertz CT molecular complexity index is 169. The Labute approximate surface area is 85.0 Å². The van der Waals surface area contributed by atoms with Crippen LogP contribution in [0.4, 0.5) is 0 Å². The molecule has 0 spiro atoms. The van der Waals surface area contributed by atoms with E-state index in [0.29, 0.717) is 25.9 Å². The lowest BCUT2D eigenvalue weighted by atomic mass is 9.93. The molecule has 0 heterocycles. The molecule has 0 bridgehead atoms. The molecule has 4 nitrogen and oxygen atoms in total. The van der Waals surface area contributed by atoms with E-state index >= 15 is 0 Å². The normalized spacial score (nSPS) is 16.4. The molecule has 0 aromatic heterocycles. The van der Waals surface area contributed by atoms with Crippen LogP contribution in [0.3, 0.4) is 0 Å². The Morgan fingerprint density at radius 1 is 1.36 bits per heavy atom. The first-order valence-corrected chi connectivity index (χ1v) is 5.27. The van der Waals surface area contributed by atoms with E-state index in [0.717, 1.165) is 12.8 Å². The fourth-order valence-electron chi connectivity index (χ4n) is 1.25. The number of hydrogen-bond donors (Lipinski definition) is 1. The molecule has 0 unspecified atom stereocenters. The molecule has 4 heteroatoms. The number of nitrogens with one attached hydrogen (secondary N) is 1. The van der Waals surface area contributed by atoms with E-state index < -0.39 is 0 Å². The van der Waals surface area contributed by atoms with Crippen molar-refractivity contribution in [2.45, 2.75) is 32.2 Å². The first kappa shape index (κ1) is 11.5. The highest BCUT2D eigenvalue weighted by molar-refractivity contribution is 5.77.